The van der Waals surface area contributed by atoms with Crippen molar-refractivity contribution in [3.63, 3.8) is 0 Å². The topological polar surface area (TPSA) is 93.9 Å². The summed E-state index contributed by atoms with van der Waals surface area (Å²) in [6.07, 6.45) is -0.769. The van der Waals surface area contributed by atoms with Crippen LogP contribution in [-0.2, 0) is 9.53 Å². The van der Waals surface area contributed by atoms with Gasteiger partial charge in [-0.05, 0) is 36.4 Å². The van der Waals surface area contributed by atoms with E-state index in [0.717, 1.165) is 11.4 Å². The third kappa shape index (κ3) is 3.94. The quantitative estimate of drug-likeness (QED) is 0.852. The maximum Gasteiger partial charge on any atom is 0.256 e. The van der Waals surface area contributed by atoms with E-state index in [1.54, 1.807) is 24.1 Å². The molecule has 1 atom stereocenters. The molecule has 2 aromatic rings. The molecule has 1 fully saturated rings. The zero-order valence-electron chi connectivity index (χ0n) is 14.5. The average Bonchev–Trinajstić information content (AvgIpc) is 2.68. The second-order valence-corrected chi connectivity index (χ2v) is 5.91. The van der Waals surface area contributed by atoms with Crippen molar-refractivity contribution in [3.8, 4) is 5.75 Å². The van der Waals surface area contributed by atoms with E-state index in [9.17, 15) is 9.59 Å². The Labute approximate surface area is 151 Å². The van der Waals surface area contributed by atoms with Gasteiger partial charge in [-0.2, -0.15) is 0 Å². The first-order valence-electron chi connectivity index (χ1n) is 8.29. The van der Waals surface area contributed by atoms with Crippen LogP contribution in [0.2, 0.25) is 0 Å². The Bertz CT molecular complexity index is 792. The molecule has 0 aromatic heterocycles. The third-order valence-corrected chi connectivity index (χ3v) is 4.20. The monoisotopic (exact) mass is 355 g/mol. The number of benzene rings is 2. The molecule has 0 aliphatic carbocycles. The molecule has 3 N–H and O–H groups in total. The summed E-state index contributed by atoms with van der Waals surface area (Å²) in [5, 5.41) is 3.25. The molecule has 3 rings (SSSR count). The number of carbonyl (C=O) groups excluding carboxylic acids is 2. The van der Waals surface area contributed by atoms with Crippen molar-refractivity contribution < 1.29 is 19.1 Å². The minimum atomic E-state index is -0.769. The summed E-state index contributed by atoms with van der Waals surface area (Å²) in [5.74, 6) is 0.0222. The smallest absolute Gasteiger partial charge is 0.256 e. The van der Waals surface area contributed by atoms with Gasteiger partial charge in [0, 0.05) is 12.2 Å². The third-order valence-electron chi connectivity index (χ3n) is 4.20. The SMILES string of the molecule is COc1ccc(Nc2ccccc2C(=O)N2CCOC(C(N)=O)C2)cc1. The summed E-state index contributed by atoms with van der Waals surface area (Å²) < 4.78 is 10.5. The van der Waals surface area contributed by atoms with Gasteiger partial charge in [0.05, 0.1) is 31.5 Å². The summed E-state index contributed by atoms with van der Waals surface area (Å²) in [5.41, 5.74) is 7.34. The number of carbonyl (C=O) groups is 2. The van der Waals surface area contributed by atoms with Gasteiger partial charge >= 0.3 is 0 Å². The van der Waals surface area contributed by atoms with Crippen LogP contribution in [0.5, 0.6) is 5.75 Å². The predicted octanol–water partition coefficient (Wildman–Crippen LogP) is 1.77. The number of morpholine rings is 1. The van der Waals surface area contributed by atoms with Crippen molar-refractivity contribution in [2.24, 2.45) is 5.73 Å². The van der Waals surface area contributed by atoms with Crippen LogP contribution in [0, 0.1) is 0 Å². The van der Waals surface area contributed by atoms with E-state index in [0.29, 0.717) is 17.8 Å². The average molecular weight is 355 g/mol. The van der Waals surface area contributed by atoms with Crippen molar-refractivity contribution in [2.75, 3.05) is 32.1 Å². The second-order valence-electron chi connectivity index (χ2n) is 5.91. The molecule has 0 saturated carbocycles. The minimum Gasteiger partial charge on any atom is -0.497 e. The van der Waals surface area contributed by atoms with Gasteiger partial charge in [-0.15, -0.1) is 0 Å². The maximum absolute atomic E-state index is 12.9. The highest BCUT2D eigenvalue weighted by Gasteiger charge is 2.29. The van der Waals surface area contributed by atoms with Crippen LogP contribution in [0.3, 0.4) is 0 Å². The van der Waals surface area contributed by atoms with E-state index in [4.69, 9.17) is 15.2 Å². The Hall–Kier alpha value is -3.06. The predicted molar refractivity (Wildman–Crippen MR) is 97.6 cm³/mol. The second kappa shape index (κ2) is 7.88. The molecule has 1 aliphatic heterocycles. The number of amides is 2. The van der Waals surface area contributed by atoms with Gasteiger partial charge < -0.3 is 25.4 Å². The van der Waals surface area contributed by atoms with Crippen molar-refractivity contribution in [3.05, 3.63) is 54.1 Å². The molecule has 0 spiro atoms. The Kier molecular flexibility index (Phi) is 5.38. The lowest BCUT2D eigenvalue weighted by Gasteiger charge is -2.31. The summed E-state index contributed by atoms with van der Waals surface area (Å²) >= 11 is 0. The van der Waals surface area contributed by atoms with E-state index >= 15 is 0 Å². The molecule has 0 radical (unpaired) electrons. The summed E-state index contributed by atoms with van der Waals surface area (Å²) in [7, 11) is 1.61. The standard InChI is InChI=1S/C19H21N3O4/c1-25-14-8-6-13(7-9-14)21-16-5-3-2-4-15(16)19(24)22-10-11-26-17(12-22)18(20)23/h2-9,17,21H,10-12H2,1H3,(H2,20,23). The van der Waals surface area contributed by atoms with Gasteiger partial charge in [0.15, 0.2) is 6.10 Å². The molecule has 1 unspecified atom stereocenters. The van der Waals surface area contributed by atoms with E-state index < -0.39 is 12.0 Å². The molecule has 2 amide bonds. The molecule has 136 valence electrons. The van der Waals surface area contributed by atoms with Crippen molar-refractivity contribution in [2.45, 2.75) is 6.10 Å². The van der Waals surface area contributed by atoms with Crippen LogP contribution in [0.15, 0.2) is 48.5 Å². The number of hydrogen-bond acceptors (Lipinski definition) is 5. The normalized spacial score (nSPS) is 16.8. The van der Waals surface area contributed by atoms with Crippen LogP contribution < -0.4 is 15.8 Å². The molecular weight excluding hydrogens is 334 g/mol. The zero-order valence-corrected chi connectivity index (χ0v) is 14.5. The first-order chi connectivity index (χ1) is 12.6. The molecule has 2 aromatic carbocycles. The van der Waals surface area contributed by atoms with Crippen LogP contribution in [0.4, 0.5) is 11.4 Å². The number of methoxy groups -OCH3 is 1. The lowest BCUT2D eigenvalue weighted by Crippen LogP contribution is -2.50. The Morgan fingerprint density at radius 1 is 1.19 bits per heavy atom. The zero-order chi connectivity index (χ0) is 18.5. The van der Waals surface area contributed by atoms with Crippen LogP contribution >= 0.6 is 0 Å². The fourth-order valence-corrected chi connectivity index (χ4v) is 2.78. The Morgan fingerprint density at radius 2 is 1.92 bits per heavy atom. The molecule has 26 heavy (non-hydrogen) atoms. The van der Waals surface area contributed by atoms with Crippen molar-refractivity contribution in [1.82, 2.24) is 4.90 Å². The van der Waals surface area contributed by atoms with E-state index in [1.807, 2.05) is 36.4 Å². The highest BCUT2D eigenvalue weighted by Crippen LogP contribution is 2.24. The Balaban J connectivity index is 1.79. The maximum atomic E-state index is 12.9. The number of ether oxygens (including phenoxy) is 2. The fraction of sp³-hybridized carbons (Fsp3) is 0.263. The molecular formula is C19H21N3O4. The van der Waals surface area contributed by atoms with Gasteiger partial charge in [0.1, 0.15) is 5.75 Å². The molecule has 7 heteroatoms. The first kappa shape index (κ1) is 17.8. The number of primary amides is 1. The van der Waals surface area contributed by atoms with Gasteiger partial charge in [-0.3, -0.25) is 9.59 Å². The number of nitrogens with two attached hydrogens (primary N) is 1. The highest BCUT2D eigenvalue weighted by atomic mass is 16.5. The number of anilines is 2. The lowest BCUT2D eigenvalue weighted by atomic mass is 10.1. The number of rotatable bonds is 5. The highest BCUT2D eigenvalue weighted by molar-refractivity contribution is 6.00. The number of nitrogens with zero attached hydrogens (tertiary/aromatic N) is 1. The van der Waals surface area contributed by atoms with Gasteiger partial charge in [-0.1, -0.05) is 12.1 Å². The minimum absolute atomic E-state index is 0.158. The van der Waals surface area contributed by atoms with Crippen molar-refractivity contribution in [1.29, 1.82) is 0 Å². The van der Waals surface area contributed by atoms with Crippen LogP contribution in [0.25, 0.3) is 0 Å². The van der Waals surface area contributed by atoms with E-state index in [1.165, 1.54) is 0 Å². The first-order valence-corrected chi connectivity index (χ1v) is 8.29. The fourth-order valence-electron chi connectivity index (χ4n) is 2.78. The summed E-state index contributed by atoms with van der Waals surface area (Å²) in [4.78, 5) is 25.9. The number of hydrogen-bond donors (Lipinski definition) is 2. The lowest BCUT2D eigenvalue weighted by molar-refractivity contribution is -0.133. The molecule has 1 saturated heterocycles. The van der Waals surface area contributed by atoms with Crippen LogP contribution in [-0.4, -0.2) is 49.6 Å². The molecule has 1 aliphatic rings. The van der Waals surface area contributed by atoms with Gasteiger partial charge in [0.2, 0.25) is 5.91 Å². The van der Waals surface area contributed by atoms with Gasteiger partial charge in [0.25, 0.3) is 5.91 Å². The van der Waals surface area contributed by atoms with Crippen molar-refractivity contribution >= 4 is 23.2 Å². The molecule has 1 heterocycles. The largest absolute Gasteiger partial charge is 0.497 e. The van der Waals surface area contributed by atoms with Gasteiger partial charge in [-0.25, -0.2) is 0 Å². The molecule has 7 nitrogen and oxygen atoms in total. The summed E-state index contributed by atoms with van der Waals surface area (Å²) in [6.45, 7) is 0.859. The Morgan fingerprint density at radius 3 is 2.62 bits per heavy atom. The van der Waals surface area contributed by atoms with Crippen LogP contribution in [0.1, 0.15) is 10.4 Å². The van der Waals surface area contributed by atoms with E-state index in [-0.39, 0.29) is 19.1 Å². The van der Waals surface area contributed by atoms with E-state index in [2.05, 4.69) is 5.32 Å². The number of nitrogens with one attached hydrogen (secondary N) is 1. The summed E-state index contributed by atoms with van der Waals surface area (Å²) in [6, 6.07) is 14.7. The molecule has 0 bridgehead atoms. The number of para-hydroxylation sites is 1.